The Morgan fingerprint density at radius 2 is 1.54 bits per heavy atom. The summed E-state index contributed by atoms with van der Waals surface area (Å²) in [6.45, 7) is 5.73. The van der Waals surface area contributed by atoms with Crippen LogP contribution in [-0.2, 0) is 9.59 Å². The molecule has 0 N–H and O–H groups in total. The molecule has 3 heteroatoms. The van der Waals surface area contributed by atoms with Crippen molar-refractivity contribution in [3.05, 3.63) is 29.8 Å². The van der Waals surface area contributed by atoms with Crippen molar-refractivity contribution < 1.29 is 14.3 Å². The van der Waals surface area contributed by atoms with Gasteiger partial charge in [-0.2, -0.15) is 0 Å². The van der Waals surface area contributed by atoms with Gasteiger partial charge >= 0.3 is 0 Å². The molecule has 0 radical (unpaired) electrons. The summed E-state index contributed by atoms with van der Waals surface area (Å²) < 4.78 is 5.71. The molecule has 0 bridgehead atoms. The van der Waals surface area contributed by atoms with Gasteiger partial charge in [0.05, 0.1) is 6.61 Å². The molecule has 1 aromatic rings. The minimum atomic E-state index is -0.825. The zero-order chi connectivity index (χ0) is 17.8. The number of unbranched alkanes of at least 4 members (excludes halogenated alkanes) is 5. The molecule has 130 valence electrons. The molecule has 0 atom stereocenters. The van der Waals surface area contributed by atoms with E-state index in [1.54, 1.807) is 0 Å². The molecule has 0 aliphatic rings. The van der Waals surface area contributed by atoms with Gasteiger partial charge in [-0.25, -0.2) is 0 Å². The van der Waals surface area contributed by atoms with Gasteiger partial charge in [-0.05, 0) is 44.5 Å². The summed E-state index contributed by atoms with van der Waals surface area (Å²) in [5, 5.41) is 0. The van der Waals surface area contributed by atoms with Gasteiger partial charge in [-0.1, -0.05) is 50.9 Å². The maximum Gasteiger partial charge on any atom is 0.152 e. The van der Waals surface area contributed by atoms with Gasteiger partial charge in [0, 0.05) is 5.56 Å². The van der Waals surface area contributed by atoms with E-state index < -0.39 is 5.92 Å². The smallest absolute Gasteiger partial charge is 0.152 e. The van der Waals surface area contributed by atoms with E-state index >= 15 is 0 Å². The maximum atomic E-state index is 11.3. The molecule has 0 aromatic heterocycles. The van der Waals surface area contributed by atoms with Crippen LogP contribution in [-0.4, -0.2) is 18.2 Å². The van der Waals surface area contributed by atoms with Crippen molar-refractivity contribution in [2.75, 3.05) is 6.61 Å². The second-order valence-corrected chi connectivity index (χ2v) is 6.06. The van der Waals surface area contributed by atoms with E-state index in [2.05, 4.69) is 18.8 Å². The number of benzene rings is 1. The lowest BCUT2D eigenvalue weighted by Gasteiger charge is -2.06. The highest BCUT2D eigenvalue weighted by molar-refractivity contribution is 6.03. The molecular weight excluding hydrogens is 300 g/mol. The van der Waals surface area contributed by atoms with Crippen LogP contribution in [0.25, 0.3) is 0 Å². The molecule has 0 fully saturated rings. The summed E-state index contributed by atoms with van der Waals surface area (Å²) in [6.07, 6.45) is 7.46. The average Bonchev–Trinajstić information content (AvgIpc) is 2.55. The van der Waals surface area contributed by atoms with E-state index in [0.29, 0.717) is 0 Å². The Labute approximate surface area is 145 Å². The molecular formula is C21H28O3. The summed E-state index contributed by atoms with van der Waals surface area (Å²) in [5.41, 5.74) is 0.773. The fourth-order valence-electron chi connectivity index (χ4n) is 2.35. The van der Waals surface area contributed by atoms with Crippen molar-refractivity contribution in [2.45, 2.75) is 59.3 Å². The van der Waals surface area contributed by atoms with E-state index in [9.17, 15) is 9.59 Å². The minimum Gasteiger partial charge on any atom is -0.494 e. The first kappa shape index (κ1) is 20.0. The number of ketones is 2. The third-order valence-corrected chi connectivity index (χ3v) is 3.79. The third kappa shape index (κ3) is 7.97. The van der Waals surface area contributed by atoms with Crippen LogP contribution in [0.2, 0.25) is 0 Å². The summed E-state index contributed by atoms with van der Waals surface area (Å²) in [5.74, 6) is 5.19. The van der Waals surface area contributed by atoms with Crippen LogP contribution in [0, 0.1) is 17.8 Å². The van der Waals surface area contributed by atoms with Gasteiger partial charge in [0.25, 0.3) is 0 Å². The molecule has 0 saturated heterocycles. The van der Waals surface area contributed by atoms with E-state index in [1.807, 2.05) is 24.3 Å². The molecule has 0 saturated carbocycles. The molecule has 24 heavy (non-hydrogen) atoms. The first-order valence-corrected chi connectivity index (χ1v) is 8.80. The molecule has 3 nitrogen and oxygen atoms in total. The summed E-state index contributed by atoms with van der Waals surface area (Å²) in [7, 11) is 0. The number of carbonyl (C=O) groups is 2. The average molecular weight is 328 g/mol. The highest BCUT2D eigenvalue weighted by atomic mass is 16.5. The molecule has 0 heterocycles. The van der Waals surface area contributed by atoms with Crippen molar-refractivity contribution in [2.24, 2.45) is 5.92 Å². The molecule has 0 unspecified atom stereocenters. The molecule has 0 spiro atoms. The standard InChI is InChI=1S/C21H28O3/c1-4-5-6-7-8-9-16-24-20-13-10-19(11-14-20)12-15-21(17(2)22)18(3)23/h10-11,13-14,21H,4-9,16H2,1-3H3. The van der Waals surface area contributed by atoms with E-state index in [4.69, 9.17) is 4.74 Å². The van der Waals surface area contributed by atoms with Crippen LogP contribution >= 0.6 is 0 Å². The van der Waals surface area contributed by atoms with E-state index in [-0.39, 0.29) is 11.6 Å². The van der Waals surface area contributed by atoms with Crippen LogP contribution in [0.15, 0.2) is 24.3 Å². The van der Waals surface area contributed by atoms with Gasteiger partial charge < -0.3 is 4.74 Å². The van der Waals surface area contributed by atoms with E-state index in [1.165, 1.54) is 46.0 Å². The van der Waals surface area contributed by atoms with E-state index in [0.717, 1.165) is 24.3 Å². The molecule has 0 aliphatic heterocycles. The second-order valence-electron chi connectivity index (χ2n) is 6.06. The molecule has 1 aromatic carbocycles. The Bertz CT molecular complexity index is 561. The normalized spacial score (nSPS) is 10.2. The van der Waals surface area contributed by atoms with Gasteiger partial charge in [0.1, 0.15) is 11.7 Å². The zero-order valence-corrected chi connectivity index (χ0v) is 15.1. The van der Waals surface area contributed by atoms with Crippen molar-refractivity contribution >= 4 is 11.6 Å². The summed E-state index contributed by atoms with van der Waals surface area (Å²) in [6, 6.07) is 7.44. The Balaban J connectivity index is 2.41. The van der Waals surface area contributed by atoms with Crippen LogP contribution in [0.1, 0.15) is 64.9 Å². The fourth-order valence-corrected chi connectivity index (χ4v) is 2.35. The maximum absolute atomic E-state index is 11.3. The lowest BCUT2D eigenvalue weighted by molar-refractivity contribution is -0.127. The Kier molecular flexibility index (Phi) is 9.53. The topological polar surface area (TPSA) is 43.4 Å². The second kappa shape index (κ2) is 11.5. The van der Waals surface area contributed by atoms with Crippen LogP contribution in [0.3, 0.4) is 0 Å². The van der Waals surface area contributed by atoms with Crippen LogP contribution < -0.4 is 4.74 Å². The highest BCUT2D eigenvalue weighted by Gasteiger charge is 2.15. The lowest BCUT2D eigenvalue weighted by atomic mass is 10.0. The van der Waals surface area contributed by atoms with Gasteiger partial charge in [0.2, 0.25) is 0 Å². The van der Waals surface area contributed by atoms with Crippen molar-refractivity contribution in [1.82, 2.24) is 0 Å². The predicted octanol–water partition coefficient (Wildman–Crippen LogP) is 4.57. The monoisotopic (exact) mass is 328 g/mol. The number of Topliss-reactive ketones (excluding diaryl/α,β-unsaturated/α-hetero) is 2. The van der Waals surface area contributed by atoms with Crippen molar-refractivity contribution in [1.29, 1.82) is 0 Å². The minimum absolute atomic E-state index is 0.214. The largest absolute Gasteiger partial charge is 0.494 e. The van der Waals surface area contributed by atoms with Gasteiger partial charge in [0.15, 0.2) is 11.6 Å². The number of hydrogen-bond acceptors (Lipinski definition) is 3. The first-order chi connectivity index (χ1) is 11.5. The molecule has 0 amide bonds. The van der Waals surface area contributed by atoms with Gasteiger partial charge in [-0.3, -0.25) is 9.59 Å². The van der Waals surface area contributed by atoms with Crippen molar-refractivity contribution in [3.63, 3.8) is 0 Å². The Morgan fingerprint density at radius 1 is 0.958 bits per heavy atom. The SMILES string of the molecule is CCCCCCCCOc1ccc(C#CC(C(C)=O)C(C)=O)cc1. The number of hydrogen-bond donors (Lipinski definition) is 0. The highest BCUT2D eigenvalue weighted by Crippen LogP contribution is 2.13. The van der Waals surface area contributed by atoms with Crippen LogP contribution in [0.5, 0.6) is 5.75 Å². The first-order valence-electron chi connectivity index (χ1n) is 8.80. The zero-order valence-electron chi connectivity index (χ0n) is 15.1. The van der Waals surface area contributed by atoms with Crippen LogP contribution in [0.4, 0.5) is 0 Å². The quantitative estimate of drug-likeness (QED) is 0.359. The van der Waals surface area contributed by atoms with Crippen molar-refractivity contribution in [3.8, 4) is 17.6 Å². The predicted molar refractivity (Wildman–Crippen MR) is 97.0 cm³/mol. The van der Waals surface area contributed by atoms with Gasteiger partial charge in [-0.15, -0.1) is 0 Å². The Hall–Kier alpha value is -2.08. The summed E-state index contributed by atoms with van der Waals surface area (Å²) >= 11 is 0. The number of carbonyl (C=O) groups excluding carboxylic acids is 2. The lowest BCUT2D eigenvalue weighted by Crippen LogP contribution is -2.17. The molecule has 1 rings (SSSR count). The fraction of sp³-hybridized carbons (Fsp3) is 0.524. The Morgan fingerprint density at radius 3 is 2.12 bits per heavy atom. The summed E-state index contributed by atoms with van der Waals surface area (Å²) in [4.78, 5) is 22.7. The number of ether oxygens (including phenoxy) is 1. The third-order valence-electron chi connectivity index (χ3n) is 3.79. The molecule has 0 aliphatic carbocycles. The number of rotatable bonds is 10.